The molecule has 16 heavy (non-hydrogen) atoms. The predicted molar refractivity (Wildman–Crippen MR) is 57.3 cm³/mol. The first kappa shape index (κ1) is 10.0. The summed E-state index contributed by atoms with van der Waals surface area (Å²) < 4.78 is 4.70. The number of carbonyl (C=O) groups is 1. The Hall–Kier alpha value is -2.50. The van der Waals surface area contributed by atoms with Crippen LogP contribution in [0.4, 0.5) is 16.4 Å². The van der Waals surface area contributed by atoms with E-state index in [0.29, 0.717) is 5.69 Å². The maximum absolute atomic E-state index is 11.4. The summed E-state index contributed by atoms with van der Waals surface area (Å²) in [4.78, 5) is 11.4. The van der Waals surface area contributed by atoms with Gasteiger partial charge in [0.2, 0.25) is 5.88 Å². The zero-order valence-electron chi connectivity index (χ0n) is 8.18. The summed E-state index contributed by atoms with van der Waals surface area (Å²) in [6, 6.07) is 7.19. The lowest BCUT2D eigenvalue weighted by Crippen LogP contribution is -2.18. The molecule has 0 aliphatic heterocycles. The van der Waals surface area contributed by atoms with E-state index >= 15 is 0 Å². The largest absolute Gasteiger partial charge is 0.508 e. The van der Waals surface area contributed by atoms with Crippen molar-refractivity contribution in [3.63, 3.8) is 0 Å². The van der Waals surface area contributed by atoms with Gasteiger partial charge in [-0.25, -0.2) is 4.79 Å². The number of aromatic hydroxyl groups is 1. The number of rotatable bonds is 2. The van der Waals surface area contributed by atoms with Gasteiger partial charge >= 0.3 is 6.03 Å². The number of anilines is 2. The van der Waals surface area contributed by atoms with Crippen LogP contribution in [-0.2, 0) is 0 Å². The monoisotopic (exact) mass is 219 g/mol. The molecule has 0 saturated heterocycles. The van der Waals surface area contributed by atoms with E-state index < -0.39 is 6.03 Å². The molecule has 1 heterocycles. The molecule has 0 atom stereocenters. The molecule has 0 fully saturated rings. The van der Waals surface area contributed by atoms with Crippen molar-refractivity contribution < 1.29 is 14.4 Å². The number of benzene rings is 1. The second-order valence-electron chi connectivity index (χ2n) is 3.00. The number of hydrogen-bond donors (Lipinski definition) is 3. The molecule has 0 saturated carbocycles. The van der Waals surface area contributed by atoms with E-state index in [0.717, 1.165) is 0 Å². The van der Waals surface area contributed by atoms with Crippen molar-refractivity contribution in [3.8, 4) is 5.75 Å². The Kier molecular flexibility index (Phi) is 2.73. The highest BCUT2D eigenvalue weighted by atomic mass is 16.5. The fourth-order valence-corrected chi connectivity index (χ4v) is 1.10. The molecule has 0 radical (unpaired) electrons. The molecule has 2 aromatic rings. The third-order valence-electron chi connectivity index (χ3n) is 1.80. The lowest BCUT2D eigenvalue weighted by atomic mass is 10.3. The standard InChI is InChI=1S/C10H9N3O3/c14-8-3-1-7(2-4-8)12-10(15)13-9-5-6-11-16-9/h1-6,14H,(H2,12,13,15). The predicted octanol–water partition coefficient (Wildman–Crippen LogP) is 2.02. The molecular weight excluding hydrogens is 210 g/mol. The quantitative estimate of drug-likeness (QED) is 0.674. The molecule has 0 bridgehead atoms. The van der Waals surface area contributed by atoms with Crippen LogP contribution in [0.1, 0.15) is 0 Å². The summed E-state index contributed by atoms with van der Waals surface area (Å²) in [7, 11) is 0. The molecule has 0 aliphatic carbocycles. The molecule has 1 aromatic heterocycles. The van der Waals surface area contributed by atoms with Gasteiger partial charge in [-0.2, -0.15) is 0 Å². The maximum atomic E-state index is 11.4. The maximum Gasteiger partial charge on any atom is 0.326 e. The van der Waals surface area contributed by atoms with Gasteiger partial charge in [-0.1, -0.05) is 5.16 Å². The van der Waals surface area contributed by atoms with Gasteiger partial charge in [-0.3, -0.25) is 5.32 Å². The summed E-state index contributed by atoms with van der Waals surface area (Å²) >= 11 is 0. The normalized spacial score (nSPS) is 9.75. The summed E-state index contributed by atoms with van der Waals surface area (Å²) in [6.45, 7) is 0. The number of nitrogens with zero attached hydrogens (tertiary/aromatic N) is 1. The number of amides is 2. The third-order valence-corrected chi connectivity index (χ3v) is 1.80. The first-order chi connectivity index (χ1) is 7.74. The van der Waals surface area contributed by atoms with E-state index in [4.69, 9.17) is 9.63 Å². The summed E-state index contributed by atoms with van der Waals surface area (Å²) in [6.07, 6.45) is 1.43. The smallest absolute Gasteiger partial charge is 0.326 e. The first-order valence-electron chi connectivity index (χ1n) is 4.52. The van der Waals surface area contributed by atoms with Crippen molar-refractivity contribution in [3.05, 3.63) is 36.5 Å². The molecule has 0 spiro atoms. The van der Waals surface area contributed by atoms with Gasteiger partial charge in [0.15, 0.2) is 0 Å². The van der Waals surface area contributed by atoms with E-state index in [1.165, 1.54) is 24.4 Å². The Balaban J connectivity index is 1.95. The van der Waals surface area contributed by atoms with Crippen LogP contribution in [0.5, 0.6) is 5.75 Å². The Morgan fingerprint density at radius 1 is 1.19 bits per heavy atom. The van der Waals surface area contributed by atoms with Crippen LogP contribution in [0, 0.1) is 0 Å². The van der Waals surface area contributed by atoms with Crippen LogP contribution in [0.3, 0.4) is 0 Å². The van der Waals surface area contributed by atoms with E-state index in [-0.39, 0.29) is 11.6 Å². The minimum absolute atomic E-state index is 0.140. The van der Waals surface area contributed by atoms with Crippen LogP contribution in [0.25, 0.3) is 0 Å². The van der Waals surface area contributed by atoms with Crippen molar-refractivity contribution in [2.75, 3.05) is 10.6 Å². The first-order valence-corrected chi connectivity index (χ1v) is 4.52. The van der Waals surface area contributed by atoms with Gasteiger partial charge in [0.25, 0.3) is 0 Å². The number of hydrogen-bond acceptors (Lipinski definition) is 4. The van der Waals surface area contributed by atoms with Gasteiger partial charge in [-0.15, -0.1) is 0 Å². The lowest BCUT2D eigenvalue weighted by molar-refractivity contribution is 0.261. The molecule has 2 amide bonds. The van der Waals surface area contributed by atoms with Crippen molar-refractivity contribution in [1.29, 1.82) is 0 Å². The van der Waals surface area contributed by atoms with E-state index in [1.54, 1.807) is 12.1 Å². The Morgan fingerprint density at radius 3 is 2.56 bits per heavy atom. The average Bonchev–Trinajstić information content (AvgIpc) is 2.74. The SMILES string of the molecule is O=C(Nc1ccc(O)cc1)Nc1ccno1. The number of carbonyl (C=O) groups excluding carboxylic acids is 1. The van der Waals surface area contributed by atoms with Crippen LogP contribution in [0.15, 0.2) is 41.1 Å². The van der Waals surface area contributed by atoms with Gasteiger partial charge in [0.1, 0.15) is 5.75 Å². The van der Waals surface area contributed by atoms with E-state index in [9.17, 15) is 4.79 Å². The van der Waals surface area contributed by atoms with Crippen molar-refractivity contribution in [2.45, 2.75) is 0 Å². The molecular formula is C10H9N3O3. The van der Waals surface area contributed by atoms with Crippen LogP contribution < -0.4 is 10.6 Å². The lowest BCUT2D eigenvalue weighted by Gasteiger charge is -2.04. The topological polar surface area (TPSA) is 87.4 Å². The Morgan fingerprint density at radius 2 is 1.94 bits per heavy atom. The summed E-state index contributed by atoms with van der Waals surface area (Å²) in [5.41, 5.74) is 0.565. The van der Waals surface area contributed by atoms with Gasteiger partial charge in [0.05, 0.1) is 6.20 Å². The molecule has 6 heteroatoms. The second kappa shape index (κ2) is 4.35. The summed E-state index contributed by atoms with van der Waals surface area (Å²) in [5.74, 6) is 0.400. The van der Waals surface area contributed by atoms with Crippen molar-refractivity contribution >= 4 is 17.6 Å². The fraction of sp³-hybridized carbons (Fsp3) is 0. The number of nitrogens with one attached hydrogen (secondary N) is 2. The minimum atomic E-state index is -0.442. The highest BCUT2D eigenvalue weighted by Crippen LogP contribution is 2.14. The Bertz CT molecular complexity index is 465. The molecule has 2 rings (SSSR count). The highest BCUT2D eigenvalue weighted by molar-refractivity contribution is 5.98. The number of phenolic OH excluding ortho intramolecular Hbond substituents is 1. The van der Waals surface area contributed by atoms with Gasteiger partial charge < -0.3 is 14.9 Å². The van der Waals surface area contributed by atoms with Crippen molar-refractivity contribution in [2.24, 2.45) is 0 Å². The highest BCUT2D eigenvalue weighted by Gasteiger charge is 2.04. The van der Waals surface area contributed by atoms with Crippen LogP contribution in [0.2, 0.25) is 0 Å². The number of phenols is 1. The van der Waals surface area contributed by atoms with Gasteiger partial charge in [-0.05, 0) is 24.3 Å². The minimum Gasteiger partial charge on any atom is -0.508 e. The molecule has 6 nitrogen and oxygen atoms in total. The second-order valence-corrected chi connectivity index (χ2v) is 3.00. The average molecular weight is 219 g/mol. The number of urea groups is 1. The molecule has 3 N–H and O–H groups in total. The van der Waals surface area contributed by atoms with E-state index in [2.05, 4.69) is 15.8 Å². The fourth-order valence-electron chi connectivity index (χ4n) is 1.10. The van der Waals surface area contributed by atoms with Crippen LogP contribution >= 0.6 is 0 Å². The molecule has 0 unspecified atom stereocenters. The summed E-state index contributed by atoms with van der Waals surface area (Å²) in [5, 5.41) is 17.5. The number of aromatic nitrogens is 1. The zero-order valence-corrected chi connectivity index (χ0v) is 8.18. The van der Waals surface area contributed by atoms with E-state index in [1.807, 2.05) is 0 Å². The molecule has 1 aromatic carbocycles. The molecule has 0 aliphatic rings. The van der Waals surface area contributed by atoms with Crippen LogP contribution in [-0.4, -0.2) is 16.3 Å². The van der Waals surface area contributed by atoms with Crippen molar-refractivity contribution in [1.82, 2.24) is 5.16 Å². The Labute approximate surface area is 90.9 Å². The third kappa shape index (κ3) is 2.50. The molecule has 82 valence electrons. The van der Waals surface area contributed by atoms with Gasteiger partial charge in [0, 0.05) is 11.8 Å². The zero-order chi connectivity index (χ0) is 11.4.